The maximum Gasteiger partial charge on any atom is 0.234 e. The summed E-state index contributed by atoms with van der Waals surface area (Å²) in [7, 11) is 0. The van der Waals surface area contributed by atoms with E-state index >= 15 is 0 Å². The van der Waals surface area contributed by atoms with Crippen LogP contribution in [0.15, 0.2) is 12.7 Å². The Bertz CT molecular complexity index is 168. The van der Waals surface area contributed by atoms with E-state index in [1.54, 1.807) is 6.08 Å². The van der Waals surface area contributed by atoms with Gasteiger partial charge in [0.05, 0.1) is 4.83 Å². The molecule has 1 N–H and O–H groups in total. The number of hydrogen-bond donors (Lipinski definition) is 1. The van der Waals surface area contributed by atoms with Crippen LogP contribution in [0.3, 0.4) is 0 Å². The van der Waals surface area contributed by atoms with E-state index in [9.17, 15) is 4.79 Å². The van der Waals surface area contributed by atoms with Gasteiger partial charge in [0, 0.05) is 6.04 Å². The van der Waals surface area contributed by atoms with Crippen molar-refractivity contribution in [2.45, 2.75) is 31.6 Å². The zero-order valence-corrected chi connectivity index (χ0v) is 9.39. The molecule has 2 unspecified atom stereocenters. The van der Waals surface area contributed by atoms with Crippen molar-refractivity contribution in [1.29, 1.82) is 0 Å². The van der Waals surface area contributed by atoms with Gasteiger partial charge >= 0.3 is 0 Å². The van der Waals surface area contributed by atoms with Gasteiger partial charge in [-0.25, -0.2) is 0 Å². The molecule has 3 heteroatoms. The minimum atomic E-state index is -0.111. The highest BCUT2D eigenvalue weighted by atomic mass is 79.9. The molecule has 0 saturated carbocycles. The molecular formula is C9H16BrNO. The zero-order valence-electron chi connectivity index (χ0n) is 7.80. The Morgan fingerprint density at radius 2 is 2.00 bits per heavy atom. The van der Waals surface area contributed by atoms with Gasteiger partial charge in [-0.15, -0.1) is 6.58 Å². The summed E-state index contributed by atoms with van der Waals surface area (Å²) in [5.74, 6) is 0.333. The standard InChI is InChI=1S/C9H16BrNO/c1-5-7(4)11-9(12)8(10)6(2)3/h5-8H,1H2,2-4H3,(H,11,12). The van der Waals surface area contributed by atoms with Crippen LogP contribution in [0.5, 0.6) is 0 Å². The highest BCUT2D eigenvalue weighted by Gasteiger charge is 2.18. The summed E-state index contributed by atoms with van der Waals surface area (Å²) in [5.41, 5.74) is 0. The summed E-state index contributed by atoms with van der Waals surface area (Å²) in [6.07, 6.45) is 1.71. The molecule has 0 radical (unpaired) electrons. The molecule has 0 aromatic rings. The molecule has 12 heavy (non-hydrogen) atoms. The number of carbonyl (C=O) groups is 1. The molecule has 0 spiro atoms. The lowest BCUT2D eigenvalue weighted by atomic mass is 10.1. The normalized spacial score (nSPS) is 15.4. The van der Waals surface area contributed by atoms with Crippen LogP contribution < -0.4 is 5.32 Å². The summed E-state index contributed by atoms with van der Waals surface area (Å²) in [6, 6.07) is 0.0382. The average molecular weight is 234 g/mol. The van der Waals surface area contributed by atoms with E-state index in [1.807, 2.05) is 20.8 Å². The van der Waals surface area contributed by atoms with Crippen molar-refractivity contribution in [3.63, 3.8) is 0 Å². The SMILES string of the molecule is C=CC(C)NC(=O)C(Br)C(C)C. The van der Waals surface area contributed by atoms with Crippen LogP contribution in [0.25, 0.3) is 0 Å². The Kier molecular flexibility index (Phi) is 5.22. The number of nitrogens with one attached hydrogen (secondary N) is 1. The molecule has 1 amide bonds. The Labute approximate surface area is 82.5 Å². The van der Waals surface area contributed by atoms with Crippen LogP contribution in [0.2, 0.25) is 0 Å². The molecule has 0 bridgehead atoms. The van der Waals surface area contributed by atoms with Gasteiger partial charge in [0.15, 0.2) is 0 Å². The van der Waals surface area contributed by atoms with Crippen molar-refractivity contribution >= 4 is 21.8 Å². The van der Waals surface area contributed by atoms with Crippen LogP contribution in [0.1, 0.15) is 20.8 Å². The Morgan fingerprint density at radius 1 is 1.50 bits per heavy atom. The lowest BCUT2D eigenvalue weighted by molar-refractivity contribution is -0.121. The Hall–Kier alpha value is -0.310. The first-order valence-electron chi connectivity index (χ1n) is 4.06. The minimum Gasteiger partial charge on any atom is -0.349 e. The first-order chi connectivity index (χ1) is 5.49. The Balaban J connectivity index is 3.95. The van der Waals surface area contributed by atoms with Gasteiger partial charge in [-0.3, -0.25) is 4.79 Å². The quantitative estimate of drug-likeness (QED) is 0.585. The van der Waals surface area contributed by atoms with Gasteiger partial charge in [0.25, 0.3) is 0 Å². The number of carbonyl (C=O) groups excluding carboxylic acids is 1. The predicted octanol–water partition coefficient (Wildman–Crippen LogP) is 2.10. The summed E-state index contributed by atoms with van der Waals surface area (Å²) in [5, 5.41) is 2.81. The first kappa shape index (κ1) is 11.7. The fraction of sp³-hybridized carbons (Fsp3) is 0.667. The summed E-state index contributed by atoms with van der Waals surface area (Å²) >= 11 is 3.32. The fourth-order valence-corrected chi connectivity index (χ4v) is 0.798. The topological polar surface area (TPSA) is 29.1 Å². The van der Waals surface area contributed by atoms with E-state index in [1.165, 1.54) is 0 Å². The summed E-state index contributed by atoms with van der Waals surface area (Å²) in [4.78, 5) is 11.2. The molecule has 0 heterocycles. The van der Waals surface area contributed by atoms with Gasteiger partial charge in [-0.2, -0.15) is 0 Å². The smallest absolute Gasteiger partial charge is 0.234 e. The lowest BCUT2D eigenvalue weighted by Gasteiger charge is -2.16. The van der Waals surface area contributed by atoms with Gasteiger partial charge in [-0.05, 0) is 12.8 Å². The molecule has 2 atom stereocenters. The molecule has 0 fully saturated rings. The van der Waals surface area contributed by atoms with Gasteiger partial charge < -0.3 is 5.32 Å². The predicted molar refractivity (Wildman–Crippen MR) is 55.4 cm³/mol. The van der Waals surface area contributed by atoms with E-state index in [2.05, 4.69) is 27.8 Å². The fourth-order valence-electron chi connectivity index (χ4n) is 0.666. The molecule has 0 rings (SSSR count). The van der Waals surface area contributed by atoms with E-state index in [4.69, 9.17) is 0 Å². The number of rotatable bonds is 4. The van der Waals surface area contributed by atoms with Crippen molar-refractivity contribution in [3.05, 3.63) is 12.7 Å². The van der Waals surface area contributed by atoms with Crippen LogP contribution in [-0.2, 0) is 4.79 Å². The third-order valence-corrected chi connectivity index (χ3v) is 3.03. The largest absolute Gasteiger partial charge is 0.349 e. The van der Waals surface area contributed by atoms with E-state index in [0.29, 0.717) is 5.92 Å². The monoisotopic (exact) mass is 233 g/mol. The molecule has 0 aromatic carbocycles. The zero-order chi connectivity index (χ0) is 9.72. The maximum absolute atomic E-state index is 11.3. The van der Waals surface area contributed by atoms with Crippen molar-refractivity contribution in [3.8, 4) is 0 Å². The van der Waals surface area contributed by atoms with Crippen LogP contribution >= 0.6 is 15.9 Å². The van der Waals surface area contributed by atoms with Crippen LogP contribution in [0, 0.1) is 5.92 Å². The number of hydrogen-bond acceptors (Lipinski definition) is 1. The third kappa shape index (κ3) is 3.90. The van der Waals surface area contributed by atoms with Gasteiger partial charge in [-0.1, -0.05) is 35.9 Å². The van der Waals surface area contributed by atoms with Gasteiger partial charge in [0.2, 0.25) is 5.91 Å². The van der Waals surface area contributed by atoms with E-state index < -0.39 is 0 Å². The van der Waals surface area contributed by atoms with Crippen molar-refractivity contribution in [2.75, 3.05) is 0 Å². The second kappa shape index (κ2) is 5.36. The summed E-state index contributed by atoms with van der Waals surface area (Å²) in [6.45, 7) is 9.48. The van der Waals surface area contributed by atoms with E-state index in [0.717, 1.165) is 0 Å². The van der Waals surface area contributed by atoms with Crippen LogP contribution in [-0.4, -0.2) is 16.8 Å². The second-order valence-corrected chi connectivity index (χ2v) is 4.17. The number of amides is 1. The molecule has 0 saturated heterocycles. The lowest BCUT2D eigenvalue weighted by Crippen LogP contribution is -2.38. The summed E-state index contributed by atoms with van der Waals surface area (Å²) < 4.78 is 0. The molecule has 0 aromatic heterocycles. The molecule has 2 nitrogen and oxygen atoms in total. The molecule has 70 valence electrons. The van der Waals surface area contributed by atoms with Crippen LogP contribution in [0.4, 0.5) is 0 Å². The average Bonchev–Trinajstić information content (AvgIpc) is 2.02. The maximum atomic E-state index is 11.3. The number of alkyl halides is 1. The van der Waals surface area contributed by atoms with Crippen molar-refractivity contribution in [1.82, 2.24) is 5.32 Å². The molecular weight excluding hydrogens is 218 g/mol. The highest BCUT2D eigenvalue weighted by Crippen LogP contribution is 2.11. The van der Waals surface area contributed by atoms with Crippen molar-refractivity contribution in [2.24, 2.45) is 5.92 Å². The third-order valence-electron chi connectivity index (χ3n) is 1.56. The Morgan fingerprint density at radius 3 is 2.33 bits per heavy atom. The van der Waals surface area contributed by atoms with Gasteiger partial charge in [0.1, 0.15) is 0 Å². The molecule has 0 aliphatic rings. The molecule has 0 aliphatic carbocycles. The first-order valence-corrected chi connectivity index (χ1v) is 4.97. The van der Waals surface area contributed by atoms with E-state index in [-0.39, 0.29) is 16.8 Å². The minimum absolute atomic E-state index is 0.0254. The van der Waals surface area contributed by atoms with Crippen molar-refractivity contribution < 1.29 is 4.79 Å². The molecule has 0 aliphatic heterocycles. The highest BCUT2D eigenvalue weighted by molar-refractivity contribution is 9.10. The second-order valence-electron chi connectivity index (χ2n) is 3.18. The number of halogens is 1.